The van der Waals surface area contributed by atoms with Crippen LogP contribution in [0.4, 0.5) is 10.1 Å². The van der Waals surface area contributed by atoms with E-state index in [1.807, 2.05) is 0 Å². The molecule has 0 radical (unpaired) electrons. The van der Waals surface area contributed by atoms with Crippen LogP contribution in [-0.4, -0.2) is 46.0 Å². The van der Waals surface area contributed by atoms with Crippen LogP contribution in [0.15, 0.2) is 53.4 Å². The highest BCUT2D eigenvalue weighted by Crippen LogP contribution is 2.26. The van der Waals surface area contributed by atoms with E-state index < -0.39 is 15.8 Å². The van der Waals surface area contributed by atoms with Crippen molar-refractivity contribution < 1.29 is 22.3 Å². The highest BCUT2D eigenvalue weighted by Gasteiger charge is 2.29. The van der Waals surface area contributed by atoms with Crippen LogP contribution in [0.1, 0.15) is 12.8 Å². The Balaban J connectivity index is 1.97. The number of likely N-dealkylation sites (tertiary alicyclic amines) is 1. The molecule has 27 heavy (non-hydrogen) atoms. The Morgan fingerprint density at radius 2 is 1.67 bits per heavy atom. The zero-order valence-electron chi connectivity index (χ0n) is 15.0. The highest BCUT2D eigenvalue weighted by atomic mass is 32.2. The molecule has 0 bridgehead atoms. The lowest BCUT2D eigenvalue weighted by molar-refractivity contribution is -0.128. The first-order valence-electron chi connectivity index (χ1n) is 8.62. The third kappa shape index (κ3) is 4.21. The van der Waals surface area contributed by atoms with Crippen molar-refractivity contribution in [2.75, 3.05) is 31.0 Å². The first kappa shape index (κ1) is 19.2. The van der Waals surface area contributed by atoms with Crippen molar-refractivity contribution in [3.63, 3.8) is 0 Å². The van der Waals surface area contributed by atoms with Gasteiger partial charge < -0.3 is 9.64 Å². The van der Waals surface area contributed by atoms with Gasteiger partial charge in [0.05, 0.1) is 17.7 Å². The summed E-state index contributed by atoms with van der Waals surface area (Å²) in [5, 5.41) is 0. The second-order valence-corrected chi connectivity index (χ2v) is 8.11. The number of methoxy groups -OCH3 is 1. The van der Waals surface area contributed by atoms with E-state index in [1.165, 1.54) is 19.2 Å². The molecule has 0 atom stereocenters. The molecule has 1 amide bonds. The number of hydrogen-bond donors (Lipinski definition) is 0. The van der Waals surface area contributed by atoms with Gasteiger partial charge >= 0.3 is 0 Å². The average molecular weight is 392 g/mol. The van der Waals surface area contributed by atoms with Crippen LogP contribution in [0.2, 0.25) is 0 Å². The number of hydrogen-bond acceptors (Lipinski definition) is 4. The summed E-state index contributed by atoms with van der Waals surface area (Å²) < 4.78 is 45.7. The molecular weight excluding hydrogens is 371 g/mol. The summed E-state index contributed by atoms with van der Waals surface area (Å²) in [6.45, 7) is 0.948. The highest BCUT2D eigenvalue weighted by molar-refractivity contribution is 7.92. The van der Waals surface area contributed by atoms with E-state index in [1.54, 1.807) is 29.2 Å². The van der Waals surface area contributed by atoms with Gasteiger partial charge in [0.15, 0.2) is 0 Å². The van der Waals surface area contributed by atoms with Gasteiger partial charge in [0, 0.05) is 13.1 Å². The Morgan fingerprint density at radius 1 is 1.07 bits per heavy atom. The molecule has 8 heteroatoms. The van der Waals surface area contributed by atoms with Crippen LogP contribution in [0.3, 0.4) is 0 Å². The average Bonchev–Trinajstić information content (AvgIpc) is 3.21. The molecule has 1 aliphatic rings. The third-order valence-corrected chi connectivity index (χ3v) is 6.29. The topological polar surface area (TPSA) is 66.9 Å². The van der Waals surface area contributed by atoms with Crippen LogP contribution in [0.25, 0.3) is 0 Å². The van der Waals surface area contributed by atoms with Gasteiger partial charge in [-0.3, -0.25) is 9.10 Å². The van der Waals surface area contributed by atoms with Crippen molar-refractivity contribution in [2.24, 2.45) is 0 Å². The van der Waals surface area contributed by atoms with Gasteiger partial charge in [-0.25, -0.2) is 12.8 Å². The fourth-order valence-electron chi connectivity index (χ4n) is 2.99. The second-order valence-electron chi connectivity index (χ2n) is 6.25. The molecule has 1 aliphatic heterocycles. The van der Waals surface area contributed by atoms with E-state index in [0.29, 0.717) is 24.5 Å². The molecular formula is C19H21FN2O4S. The van der Waals surface area contributed by atoms with Gasteiger partial charge in [0.25, 0.3) is 10.0 Å². The molecule has 1 saturated heterocycles. The number of benzene rings is 2. The van der Waals surface area contributed by atoms with Gasteiger partial charge in [-0.05, 0) is 61.4 Å². The number of amides is 1. The van der Waals surface area contributed by atoms with Crippen molar-refractivity contribution in [2.45, 2.75) is 17.7 Å². The summed E-state index contributed by atoms with van der Waals surface area (Å²) in [5.41, 5.74) is 0.340. The lowest BCUT2D eigenvalue weighted by atomic mass is 10.3. The summed E-state index contributed by atoms with van der Waals surface area (Å²) in [6, 6.07) is 11.0. The Kier molecular flexibility index (Phi) is 5.65. The molecule has 0 aromatic heterocycles. The molecule has 3 rings (SSSR count). The van der Waals surface area contributed by atoms with E-state index in [0.717, 1.165) is 29.3 Å². The molecule has 0 saturated carbocycles. The first-order chi connectivity index (χ1) is 12.9. The predicted octanol–water partition coefficient (Wildman–Crippen LogP) is 2.65. The normalized spacial score (nSPS) is 14.2. The lowest BCUT2D eigenvalue weighted by Gasteiger charge is -2.26. The fourth-order valence-corrected chi connectivity index (χ4v) is 4.40. The number of carbonyl (C=O) groups is 1. The number of sulfonamides is 1. The monoisotopic (exact) mass is 392 g/mol. The van der Waals surface area contributed by atoms with Gasteiger partial charge in [-0.1, -0.05) is 0 Å². The van der Waals surface area contributed by atoms with Crippen LogP contribution in [-0.2, 0) is 14.8 Å². The Morgan fingerprint density at radius 3 is 2.22 bits per heavy atom. The van der Waals surface area contributed by atoms with Gasteiger partial charge in [-0.15, -0.1) is 0 Å². The minimum atomic E-state index is -4.04. The molecule has 1 heterocycles. The Bertz CT molecular complexity index is 892. The van der Waals surface area contributed by atoms with Crippen molar-refractivity contribution in [1.82, 2.24) is 4.90 Å². The lowest BCUT2D eigenvalue weighted by Crippen LogP contribution is -2.42. The van der Waals surface area contributed by atoms with Crippen molar-refractivity contribution in [3.8, 4) is 5.75 Å². The van der Waals surface area contributed by atoms with Crippen LogP contribution < -0.4 is 9.04 Å². The number of carbonyl (C=O) groups excluding carboxylic acids is 1. The zero-order chi connectivity index (χ0) is 19.4. The van der Waals surface area contributed by atoms with E-state index in [4.69, 9.17) is 4.74 Å². The number of anilines is 1. The minimum Gasteiger partial charge on any atom is -0.497 e. The van der Waals surface area contributed by atoms with Gasteiger partial charge in [-0.2, -0.15) is 0 Å². The first-order valence-corrected chi connectivity index (χ1v) is 10.1. The minimum absolute atomic E-state index is 0.0751. The smallest absolute Gasteiger partial charge is 0.264 e. The number of nitrogens with zero attached hydrogens (tertiary/aromatic N) is 2. The Hall–Kier alpha value is -2.61. The van der Waals surface area contributed by atoms with Gasteiger partial charge in [0.1, 0.15) is 18.1 Å². The molecule has 0 N–H and O–H groups in total. The molecule has 0 aliphatic carbocycles. The summed E-state index contributed by atoms with van der Waals surface area (Å²) in [6.07, 6.45) is 1.83. The number of ether oxygens (including phenoxy) is 1. The molecule has 0 unspecified atom stereocenters. The summed E-state index contributed by atoms with van der Waals surface area (Å²) in [4.78, 5) is 14.2. The SMILES string of the molecule is COc1ccc(N(CC(=O)N2CCCC2)S(=O)(=O)c2ccc(F)cc2)cc1. The number of halogens is 1. The third-order valence-electron chi connectivity index (χ3n) is 4.50. The molecule has 144 valence electrons. The zero-order valence-corrected chi connectivity index (χ0v) is 15.8. The van der Waals surface area contributed by atoms with Gasteiger partial charge in [0.2, 0.25) is 5.91 Å². The van der Waals surface area contributed by atoms with Crippen LogP contribution in [0, 0.1) is 5.82 Å². The standard InChI is InChI=1S/C19H21FN2O4S/c1-26-17-8-6-16(7-9-17)22(14-19(23)21-12-2-3-13-21)27(24,25)18-10-4-15(20)5-11-18/h4-11H,2-3,12-14H2,1H3. The van der Waals surface area contributed by atoms with E-state index >= 15 is 0 Å². The molecule has 0 spiro atoms. The second kappa shape index (κ2) is 7.96. The molecule has 2 aromatic carbocycles. The van der Waals surface area contributed by atoms with Crippen molar-refractivity contribution >= 4 is 21.6 Å². The maximum atomic E-state index is 13.2. The largest absolute Gasteiger partial charge is 0.497 e. The molecule has 6 nitrogen and oxygen atoms in total. The fraction of sp³-hybridized carbons (Fsp3) is 0.316. The van der Waals surface area contributed by atoms with Crippen molar-refractivity contribution in [3.05, 3.63) is 54.3 Å². The van der Waals surface area contributed by atoms with Crippen LogP contribution >= 0.6 is 0 Å². The van der Waals surface area contributed by atoms with E-state index in [-0.39, 0.29) is 17.3 Å². The maximum Gasteiger partial charge on any atom is 0.264 e. The summed E-state index contributed by atoms with van der Waals surface area (Å²) in [5.74, 6) is -0.212. The Labute approximate surface area is 158 Å². The van der Waals surface area contributed by atoms with Crippen LogP contribution in [0.5, 0.6) is 5.75 Å². The molecule has 1 fully saturated rings. The molecule has 2 aromatic rings. The van der Waals surface area contributed by atoms with E-state index in [9.17, 15) is 17.6 Å². The van der Waals surface area contributed by atoms with E-state index in [2.05, 4.69) is 0 Å². The summed E-state index contributed by atoms with van der Waals surface area (Å²) in [7, 11) is -2.52. The number of rotatable bonds is 6. The maximum absolute atomic E-state index is 13.2. The quantitative estimate of drug-likeness (QED) is 0.758. The van der Waals surface area contributed by atoms with Crippen molar-refractivity contribution in [1.29, 1.82) is 0 Å². The predicted molar refractivity (Wildman–Crippen MR) is 99.7 cm³/mol. The summed E-state index contributed by atoms with van der Waals surface area (Å²) >= 11 is 0.